The number of ketones is 1. The van der Waals surface area contributed by atoms with Crippen LogP contribution in [0.25, 0.3) is 6.08 Å². The van der Waals surface area contributed by atoms with Crippen LogP contribution in [0.2, 0.25) is 0 Å². The van der Waals surface area contributed by atoms with Crippen molar-refractivity contribution in [3.05, 3.63) is 95.2 Å². The van der Waals surface area contributed by atoms with Crippen LogP contribution in [0.5, 0.6) is 17.2 Å². The molecule has 0 saturated carbocycles. The van der Waals surface area contributed by atoms with E-state index < -0.39 is 12.1 Å². The number of ether oxygens (including phenoxy) is 4. The summed E-state index contributed by atoms with van der Waals surface area (Å²) >= 11 is 0. The molecule has 6 heteroatoms. The molecular weight excluding hydrogens is 408 g/mol. The number of allylic oxidation sites excluding steroid dienone is 1. The summed E-state index contributed by atoms with van der Waals surface area (Å²) in [4.78, 5) is 25.2. The topological polar surface area (TPSA) is 71.1 Å². The minimum atomic E-state index is -0.930. The SMILES string of the molecule is CCOC(=O)[C@H](Oc1ccc2c(c1)O/C(=C\c1ccc(OC)cc1)C2=O)c1ccccc1. The molecule has 1 aliphatic rings. The summed E-state index contributed by atoms with van der Waals surface area (Å²) in [6, 6.07) is 21.3. The first-order valence-electron chi connectivity index (χ1n) is 10.2. The highest BCUT2D eigenvalue weighted by Gasteiger charge is 2.29. The van der Waals surface area contributed by atoms with E-state index in [0.29, 0.717) is 22.6 Å². The molecule has 4 rings (SSSR count). The average molecular weight is 430 g/mol. The summed E-state index contributed by atoms with van der Waals surface area (Å²) < 4.78 is 22.1. The molecule has 0 aromatic heterocycles. The summed E-state index contributed by atoms with van der Waals surface area (Å²) in [7, 11) is 1.59. The minimum Gasteiger partial charge on any atom is -0.497 e. The summed E-state index contributed by atoms with van der Waals surface area (Å²) in [5.41, 5.74) is 1.91. The van der Waals surface area contributed by atoms with Gasteiger partial charge >= 0.3 is 5.97 Å². The largest absolute Gasteiger partial charge is 0.497 e. The highest BCUT2D eigenvalue weighted by Crippen LogP contribution is 2.36. The molecular formula is C26H22O6. The number of esters is 1. The molecule has 0 amide bonds. The van der Waals surface area contributed by atoms with Gasteiger partial charge in [-0.1, -0.05) is 42.5 Å². The predicted octanol–water partition coefficient (Wildman–Crippen LogP) is 4.99. The molecule has 1 heterocycles. The van der Waals surface area contributed by atoms with Crippen LogP contribution in [-0.2, 0) is 9.53 Å². The Labute approximate surface area is 186 Å². The van der Waals surface area contributed by atoms with Crippen LogP contribution in [0.15, 0.2) is 78.6 Å². The lowest BCUT2D eigenvalue weighted by atomic mass is 10.1. The monoisotopic (exact) mass is 430 g/mol. The molecule has 32 heavy (non-hydrogen) atoms. The molecule has 0 saturated heterocycles. The number of fused-ring (bicyclic) bond motifs is 1. The predicted molar refractivity (Wildman–Crippen MR) is 119 cm³/mol. The number of hydrogen-bond donors (Lipinski definition) is 0. The van der Waals surface area contributed by atoms with Crippen LogP contribution in [0, 0.1) is 0 Å². The summed E-state index contributed by atoms with van der Waals surface area (Å²) in [5, 5.41) is 0. The number of benzene rings is 3. The lowest BCUT2D eigenvalue weighted by Crippen LogP contribution is -2.21. The summed E-state index contributed by atoms with van der Waals surface area (Å²) in [6.07, 6.45) is 0.744. The third-order valence-corrected chi connectivity index (χ3v) is 4.91. The first kappa shape index (κ1) is 21.2. The normalized spacial score (nSPS) is 14.4. The molecule has 0 aliphatic carbocycles. The summed E-state index contributed by atoms with van der Waals surface area (Å²) in [6.45, 7) is 1.98. The van der Waals surface area contributed by atoms with Crippen molar-refractivity contribution in [3.8, 4) is 17.2 Å². The van der Waals surface area contributed by atoms with E-state index in [1.54, 1.807) is 50.4 Å². The molecule has 6 nitrogen and oxygen atoms in total. The van der Waals surface area contributed by atoms with Crippen molar-refractivity contribution in [1.29, 1.82) is 0 Å². The highest BCUT2D eigenvalue weighted by molar-refractivity contribution is 6.14. The van der Waals surface area contributed by atoms with E-state index in [-0.39, 0.29) is 18.1 Å². The Morgan fingerprint density at radius 1 is 1.00 bits per heavy atom. The van der Waals surface area contributed by atoms with Crippen LogP contribution in [0.4, 0.5) is 0 Å². The Balaban J connectivity index is 1.57. The number of carbonyl (C=O) groups excluding carboxylic acids is 2. The number of Topliss-reactive ketones (excluding diaryl/α,β-unsaturated/α-hetero) is 1. The molecule has 3 aromatic carbocycles. The molecule has 0 unspecified atom stereocenters. The van der Waals surface area contributed by atoms with Crippen molar-refractivity contribution in [2.24, 2.45) is 0 Å². The van der Waals surface area contributed by atoms with Crippen molar-refractivity contribution in [2.45, 2.75) is 13.0 Å². The fourth-order valence-corrected chi connectivity index (χ4v) is 3.33. The van der Waals surface area contributed by atoms with Crippen molar-refractivity contribution >= 4 is 17.8 Å². The first-order chi connectivity index (χ1) is 15.6. The quantitative estimate of drug-likeness (QED) is 0.388. The van der Waals surface area contributed by atoms with E-state index in [9.17, 15) is 9.59 Å². The second-order valence-electron chi connectivity index (χ2n) is 7.03. The fourth-order valence-electron chi connectivity index (χ4n) is 3.33. The maximum absolute atomic E-state index is 12.7. The lowest BCUT2D eigenvalue weighted by Gasteiger charge is -2.18. The molecule has 3 aromatic rings. The third-order valence-electron chi connectivity index (χ3n) is 4.91. The molecule has 0 radical (unpaired) electrons. The standard InChI is InChI=1S/C26H22O6/c1-3-30-26(28)25(18-7-5-4-6-8-18)31-20-13-14-21-22(16-20)32-23(24(21)27)15-17-9-11-19(29-2)12-10-17/h4-16,25H,3H2,1-2H3/b23-15-/t25-/m1/s1. The number of rotatable bonds is 7. The van der Waals surface area contributed by atoms with Gasteiger partial charge in [0.25, 0.3) is 0 Å². The molecule has 0 bridgehead atoms. The van der Waals surface area contributed by atoms with Gasteiger partial charge in [0.15, 0.2) is 5.76 Å². The number of carbonyl (C=O) groups is 2. The zero-order chi connectivity index (χ0) is 22.5. The first-order valence-corrected chi connectivity index (χ1v) is 10.2. The van der Waals surface area contributed by atoms with Crippen LogP contribution >= 0.6 is 0 Å². The van der Waals surface area contributed by atoms with E-state index in [2.05, 4.69) is 0 Å². The van der Waals surface area contributed by atoms with Gasteiger partial charge in [-0.15, -0.1) is 0 Å². The number of hydrogen-bond acceptors (Lipinski definition) is 6. The van der Waals surface area contributed by atoms with E-state index in [4.69, 9.17) is 18.9 Å². The Bertz CT molecular complexity index is 1150. The second-order valence-corrected chi connectivity index (χ2v) is 7.03. The second kappa shape index (κ2) is 9.39. The van der Waals surface area contributed by atoms with Crippen molar-refractivity contribution in [1.82, 2.24) is 0 Å². The van der Waals surface area contributed by atoms with Gasteiger partial charge in [0.05, 0.1) is 19.3 Å². The number of methoxy groups -OCH3 is 1. The van der Waals surface area contributed by atoms with Crippen LogP contribution in [0.1, 0.15) is 34.5 Å². The third kappa shape index (κ3) is 4.49. The van der Waals surface area contributed by atoms with E-state index in [1.807, 2.05) is 42.5 Å². The average Bonchev–Trinajstić information content (AvgIpc) is 3.13. The molecule has 1 aliphatic heterocycles. The van der Waals surface area contributed by atoms with Gasteiger partial charge in [-0.25, -0.2) is 4.79 Å². The van der Waals surface area contributed by atoms with Gasteiger partial charge in [0.2, 0.25) is 11.9 Å². The van der Waals surface area contributed by atoms with Gasteiger partial charge in [-0.3, -0.25) is 4.79 Å². The van der Waals surface area contributed by atoms with Crippen molar-refractivity contribution in [2.75, 3.05) is 13.7 Å². The van der Waals surface area contributed by atoms with Crippen molar-refractivity contribution in [3.63, 3.8) is 0 Å². The molecule has 162 valence electrons. The van der Waals surface area contributed by atoms with Gasteiger partial charge in [0, 0.05) is 11.6 Å². The Hall–Kier alpha value is -4.06. The zero-order valence-corrected chi connectivity index (χ0v) is 17.7. The highest BCUT2D eigenvalue weighted by atomic mass is 16.6. The Morgan fingerprint density at radius 3 is 2.41 bits per heavy atom. The van der Waals surface area contributed by atoms with Gasteiger partial charge in [-0.05, 0) is 42.8 Å². The zero-order valence-electron chi connectivity index (χ0n) is 17.7. The smallest absolute Gasteiger partial charge is 0.352 e. The molecule has 0 N–H and O–H groups in total. The van der Waals surface area contributed by atoms with Crippen LogP contribution in [0.3, 0.4) is 0 Å². The molecule has 0 fully saturated rings. The Kier molecular flexibility index (Phi) is 6.22. The Morgan fingerprint density at radius 2 is 1.72 bits per heavy atom. The summed E-state index contributed by atoms with van der Waals surface area (Å²) in [5.74, 6) is 1.01. The van der Waals surface area contributed by atoms with Crippen molar-refractivity contribution < 1.29 is 28.5 Å². The van der Waals surface area contributed by atoms with E-state index in [0.717, 1.165) is 11.3 Å². The van der Waals surface area contributed by atoms with Crippen LogP contribution < -0.4 is 14.2 Å². The maximum atomic E-state index is 12.7. The van der Waals surface area contributed by atoms with Gasteiger partial charge in [-0.2, -0.15) is 0 Å². The van der Waals surface area contributed by atoms with E-state index in [1.165, 1.54) is 0 Å². The molecule has 1 atom stereocenters. The van der Waals surface area contributed by atoms with Gasteiger partial charge < -0.3 is 18.9 Å². The lowest BCUT2D eigenvalue weighted by molar-refractivity contribution is -0.151. The minimum absolute atomic E-state index is 0.215. The molecule has 0 spiro atoms. The van der Waals surface area contributed by atoms with Gasteiger partial charge in [0.1, 0.15) is 17.2 Å². The van der Waals surface area contributed by atoms with E-state index >= 15 is 0 Å². The maximum Gasteiger partial charge on any atom is 0.352 e. The van der Waals surface area contributed by atoms with Crippen LogP contribution in [-0.4, -0.2) is 25.5 Å². The fraction of sp³-hybridized carbons (Fsp3) is 0.154.